The SMILES string of the molecule is Cc1cccc(NC(=O)Nc2cccc(CNC(=O)CCc3c(C)nc4nc(C)[nH]n4c3=O)c2)c1. The molecule has 0 bridgehead atoms. The molecule has 0 spiro atoms. The van der Waals surface area contributed by atoms with Crippen LogP contribution in [0, 0.1) is 20.8 Å². The number of aromatic nitrogens is 4. The Morgan fingerprint density at radius 3 is 2.43 bits per heavy atom. The maximum absolute atomic E-state index is 12.7. The molecule has 0 atom stereocenters. The minimum atomic E-state index is -0.350. The molecule has 0 radical (unpaired) electrons. The Labute approximate surface area is 201 Å². The fraction of sp³-hybridized carbons (Fsp3) is 0.240. The van der Waals surface area contributed by atoms with Gasteiger partial charge in [0.1, 0.15) is 5.82 Å². The summed E-state index contributed by atoms with van der Waals surface area (Å²) in [6.45, 7) is 5.74. The van der Waals surface area contributed by atoms with Crippen LogP contribution in [0.4, 0.5) is 16.2 Å². The smallest absolute Gasteiger partial charge is 0.323 e. The van der Waals surface area contributed by atoms with E-state index in [1.165, 1.54) is 4.52 Å². The van der Waals surface area contributed by atoms with Crippen LogP contribution < -0.4 is 21.5 Å². The number of nitrogens with one attached hydrogen (secondary N) is 4. The van der Waals surface area contributed by atoms with Gasteiger partial charge in [-0.05, 0) is 62.6 Å². The highest BCUT2D eigenvalue weighted by molar-refractivity contribution is 5.99. The normalized spacial score (nSPS) is 10.8. The van der Waals surface area contributed by atoms with E-state index in [1.807, 2.05) is 37.3 Å². The maximum atomic E-state index is 12.7. The van der Waals surface area contributed by atoms with Gasteiger partial charge in [0.2, 0.25) is 5.91 Å². The number of nitrogens with zero attached hydrogens (tertiary/aromatic N) is 3. The van der Waals surface area contributed by atoms with Crippen LogP contribution in [0.3, 0.4) is 0 Å². The van der Waals surface area contributed by atoms with Gasteiger partial charge in [0.25, 0.3) is 11.3 Å². The summed E-state index contributed by atoms with van der Waals surface area (Å²) in [5.74, 6) is 0.720. The molecule has 4 aromatic rings. The van der Waals surface area contributed by atoms with E-state index >= 15 is 0 Å². The topological polar surface area (TPSA) is 133 Å². The Hall–Kier alpha value is -4.47. The summed E-state index contributed by atoms with van der Waals surface area (Å²) < 4.78 is 1.29. The molecule has 3 amide bonds. The Kier molecular flexibility index (Phi) is 6.91. The molecule has 180 valence electrons. The second-order valence-electron chi connectivity index (χ2n) is 8.35. The summed E-state index contributed by atoms with van der Waals surface area (Å²) in [5, 5.41) is 11.3. The molecular formula is C25H27N7O3. The Morgan fingerprint density at radius 1 is 0.971 bits per heavy atom. The van der Waals surface area contributed by atoms with Crippen molar-refractivity contribution in [1.82, 2.24) is 24.9 Å². The van der Waals surface area contributed by atoms with E-state index in [9.17, 15) is 14.4 Å². The third kappa shape index (κ3) is 5.91. The lowest BCUT2D eigenvalue weighted by Crippen LogP contribution is -2.26. The number of urea groups is 1. The van der Waals surface area contributed by atoms with Crippen LogP contribution >= 0.6 is 0 Å². The van der Waals surface area contributed by atoms with Crippen molar-refractivity contribution in [3.8, 4) is 0 Å². The van der Waals surface area contributed by atoms with Crippen LogP contribution in [-0.2, 0) is 17.8 Å². The van der Waals surface area contributed by atoms with Gasteiger partial charge in [-0.15, -0.1) is 0 Å². The molecule has 0 aliphatic carbocycles. The first-order valence-electron chi connectivity index (χ1n) is 11.2. The molecule has 4 rings (SSSR count). The van der Waals surface area contributed by atoms with Gasteiger partial charge in [-0.3, -0.25) is 14.7 Å². The molecule has 2 aromatic heterocycles. The number of anilines is 2. The van der Waals surface area contributed by atoms with Crippen molar-refractivity contribution in [2.75, 3.05) is 10.6 Å². The van der Waals surface area contributed by atoms with E-state index in [-0.39, 0.29) is 30.3 Å². The van der Waals surface area contributed by atoms with Crippen molar-refractivity contribution in [2.45, 2.75) is 40.2 Å². The van der Waals surface area contributed by atoms with E-state index in [1.54, 1.807) is 32.0 Å². The number of fused-ring (bicyclic) bond motifs is 1. The first-order chi connectivity index (χ1) is 16.8. The predicted octanol–water partition coefficient (Wildman–Crippen LogP) is 3.24. The summed E-state index contributed by atoms with van der Waals surface area (Å²) in [6, 6.07) is 14.4. The number of amides is 3. The molecular weight excluding hydrogens is 446 g/mol. The van der Waals surface area contributed by atoms with Gasteiger partial charge in [0.15, 0.2) is 0 Å². The van der Waals surface area contributed by atoms with Crippen molar-refractivity contribution in [2.24, 2.45) is 0 Å². The lowest BCUT2D eigenvalue weighted by atomic mass is 10.1. The van der Waals surface area contributed by atoms with Crippen molar-refractivity contribution >= 4 is 29.1 Å². The highest BCUT2D eigenvalue weighted by Gasteiger charge is 2.14. The highest BCUT2D eigenvalue weighted by Crippen LogP contribution is 2.13. The van der Waals surface area contributed by atoms with Crippen molar-refractivity contribution in [3.63, 3.8) is 0 Å². The quantitative estimate of drug-likeness (QED) is 0.327. The molecule has 4 N–H and O–H groups in total. The molecule has 35 heavy (non-hydrogen) atoms. The Bertz CT molecular complexity index is 1460. The van der Waals surface area contributed by atoms with Gasteiger partial charge in [0, 0.05) is 29.9 Å². The zero-order valence-corrected chi connectivity index (χ0v) is 19.8. The molecule has 0 saturated heterocycles. The Morgan fingerprint density at radius 2 is 1.69 bits per heavy atom. The fourth-order valence-corrected chi connectivity index (χ4v) is 3.75. The van der Waals surface area contributed by atoms with Crippen LogP contribution in [0.2, 0.25) is 0 Å². The minimum Gasteiger partial charge on any atom is -0.352 e. The molecule has 0 aliphatic heterocycles. The second-order valence-corrected chi connectivity index (χ2v) is 8.35. The van der Waals surface area contributed by atoms with Gasteiger partial charge < -0.3 is 16.0 Å². The lowest BCUT2D eigenvalue weighted by Gasteiger charge is -2.10. The van der Waals surface area contributed by atoms with Gasteiger partial charge in [-0.2, -0.15) is 9.50 Å². The number of carbonyl (C=O) groups excluding carboxylic acids is 2. The van der Waals surface area contributed by atoms with Gasteiger partial charge in [0.05, 0.1) is 5.69 Å². The van der Waals surface area contributed by atoms with Crippen LogP contribution in [0.1, 0.15) is 34.6 Å². The average Bonchev–Trinajstić information content (AvgIpc) is 3.18. The second kappa shape index (κ2) is 10.2. The van der Waals surface area contributed by atoms with E-state index < -0.39 is 0 Å². The van der Waals surface area contributed by atoms with Crippen molar-refractivity contribution in [3.05, 3.63) is 87.1 Å². The molecule has 2 aromatic carbocycles. The molecule has 0 saturated carbocycles. The zero-order valence-electron chi connectivity index (χ0n) is 19.8. The molecule has 10 nitrogen and oxygen atoms in total. The minimum absolute atomic E-state index is 0.147. The molecule has 0 aliphatic rings. The number of H-pyrrole nitrogens is 1. The largest absolute Gasteiger partial charge is 0.352 e. The Balaban J connectivity index is 1.31. The van der Waals surface area contributed by atoms with Crippen LogP contribution in [0.25, 0.3) is 5.78 Å². The van der Waals surface area contributed by atoms with Gasteiger partial charge in [-0.1, -0.05) is 24.3 Å². The zero-order chi connectivity index (χ0) is 24.9. The summed E-state index contributed by atoms with van der Waals surface area (Å²) >= 11 is 0. The molecule has 0 unspecified atom stereocenters. The van der Waals surface area contributed by atoms with Crippen LogP contribution in [-0.4, -0.2) is 31.5 Å². The number of hydrogen-bond acceptors (Lipinski definition) is 5. The summed E-state index contributed by atoms with van der Waals surface area (Å²) in [7, 11) is 0. The van der Waals surface area contributed by atoms with Crippen molar-refractivity contribution < 1.29 is 9.59 Å². The van der Waals surface area contributed by atoms with E-state index in [4.69, 9.17) is 0 Å². The fourth-order valence-electron chi connectivity index (χ4n) is 3.75. The van der Waals surface area contributed by atoms with E-state index in [0.717, 1.165) is 11.1 Å². The third-order valence-corrected chi connectivity index (χ3v) is 5.46. The van der Waals surface area contributed by atoms with Crippen LogP contribution in [0.5, 0.6) is 0 Å². The highest BCUT2D eigenvalue weighted by atomic mass is 16.2. The predicted molar refractivity (Wildman–Crippen MR) is 134 cm³/mol. The molecule has 0 fully saturated rings. The monoisotopic (exact) mass is 473 g/mol. The number of aromatic amines is 1. The first-order valence-corrected chi connectivity index (χ1v) is 11.2. The number of aryl methyl sites for hydroxylation is 3. The van der Waals surface area contributed by atoms with E-state index in [0.29, 0.717) is 40.8 Å². The van der Waals surface area contributed by atoms with Crippen molar-refractivity contribution in [1.29, 1.82) is 0 Å². The standard InChI is InChI=1S/C25H27N7O3/c1-15-6-4-8-19(12-15)29-25(35)30-20-9-5-7-18(13-20)14-26-22(33)11-10-21-16(2)27-24-28-17(3)31-32(24)23(21)34/h4-9,12-13H,10-11,14H2,1-3H3,(H,26,33)(H,27,28,31)(H2,29,30,35). The van der Waals surface area contributed by atoms with Crippen LogP contribution in [0.15, 0.2) is 53.3 Å². The maximum Gasteiger partial charge on any atom is 0.323 e. The third-order valence-electron chi connectivity index (χ3n) is 5.46. The molecule has 10 heteroatoms. The number of carbonyl (C=O) groups is 2. The number of rotatable bonds is 7. The van der Waals surface area contributed by atoms with E-state index in [2.05, 4.69) is 31.0 Å². The lowest BCUT2D eigenvalue weighted by molar-refractivity contribution is -0.121. The summed E-state index contributed by atoms with van der Waals surface area (Å²) in [4.78, 5) is 45.9. The first kappa shape index (κ1) is 23.7. The summed E-state index contributed by atoms with van der Waals surface area (Å²) in [5.41, 5.74) is 4.00. The average molecular weight is 474 g/mol. The van der Waals surface area contributed by atoms with Gasteiger partial charge >= 0.3 is 6.03 Å². The van der Waals surface area contributed by atoms with Gasteiger partial charge in [-0.25, -0.2) is 9.78 Å². The molecule has 2 heterocycles. The number of hydrogen-bond donors (Lipinski definition) is 4. The number of benzene rings is 2. The summed E-state index contributed by atoms with van der Waals surface area (Å²) in [6.07, 6.45) is 0.416.